The number of halogens is 5. The number of nitrogens with one attached hydrogen (secondary N) is 1. The maximum atomic E-state index is 13.3. The number of hydrogen-bond donors (Lipinski definition) is 1. The largest absolute Gasteiger partial charge is 0.376 e. The highest BCUT2D eigenvalue weighted by Crippen LogP contribution is 2.27. The normalized spacial score (nSPS) is 10.8. The molecule has 19 heavy (non-hydrogen) atoms. The molecule has 0 unspecified atom stereocenters. The molecule has 0 aliphatic heterocycles. The molecule has 102 valence electrons. The van der Waals surface area contributed by atoms with Gasteiger partial charge in [-0.05, 0) is 11.6 Å². The van der Waals surface area contributed by atoms with Gasteiger partial charge in [0.1, 0.15) is 5.69 Å². The summed E-state index contributed by atoms with van der Waals surface area (Å²) in [6.07, 6.45) is 3.34. The van der Waals surface area contributed by atoms with Crippen molar-refractivity contribution >= 4 is 5.69 Å². The van der Waals surface area contributed by atoms with Gasteiger partial charge in [0, 0.05) is 26.0 Å². The average molecular weight is 276 g/mol. The third-order valence-electron chi connectivity index (χ3n) is 2.57. The smallest absolute Gasteiger partial charge is 0.200 e. The molecule has 0 spiro atoms. The summed E-state index contributed by atoms with van der Waals surface area (Å²) in [5, 5.41) is 2.21. The van der Waals surface area contributed by atoms with E-state index in [1.54, 1.807) is 30.1 Å². The molecule has 2 nitrogen and oxygen atoms in total. The van der Waals surface area contributed by atoms with Gasteiger partial charge in [0.05, 0.1) is 0 Å². The molecular weight excluding hydrogens is 267 g/mol. The first-order valence-electron chi connectivity index (χ1n) is 5.28. The molecule has 0 bridgehead atoms. The fourth-order valence-corrected chi connectivity index (χ4v) is 1.62. The number of hydrogen-bond acceptors (Lipinski definition) is 1. The van der Waals surface area contributed by atoms with Gasteiger partial charge < -0.3 is 9.88 Å². The van der Waals surface area contributed by atoms with E-state index in [4.69, 9.17) is 0 Å². The topological polar surface area (TPSA) is 17.0 Å². The maximum Gasteiger partial charge on any atom is 0.200 e. The second-order valence-corrected chi connectivity index (χ2v) is 3.98. The quantitative estimate of drug-likeness (QED) is 0.517. The first kappa shape index (κ1) is 13.4. The van der Waals surface area contributed by atoms with Crippen LogP contribution in [0, 0.1) is 29.1 Å². The second-order valence-electron chi connectivity index (χ2n) is 3.98. The lowest BCUT2D eigenvalue weighted by atomic mass is 10.2. The van der Waals surface area contributed by atoms with E-state index in [1.165, 1.54) is 0 Å². The molecule has 1 N–H and O–H groups in total. The summed E-state index contributed by atoms with van der Waals surface area (Å²) in [5.74, 6) is -9.83. The Hall–Kier alpha value is -2.05. The third kappa shape index (κ3) is 2.40. The van der Waals surface area contributed by atoms with E-state index in [9.17, 15) is 22.0 Å². The van der Waals surface area contributed by atoms with Gasteiger partial charge in [-0.3, -0.25) is 0 Å². The minimum absolute atomic E-state index is 0.0564. The van der Waals surface area contributed by atoms with Crippen molar-refractivity contribution < 1.29 is 22.0 Å². The van der Waals surface area contributed by atoms with Crippen molar-refractivity contribution in [3.05, 3.63) is 53.1 Å². The van der Waals surface area contributed by atoms with Crippen LogP contribution >= 0.6 is 0 Å². The lowest BCUT2D eigenvalue weighted by Crippen LogP contribution is -2.09. The lowest BCUT2D eigenvalue weighted by molar-refractivity contribution is 0.381. The van der Waals surface area contributed by atoms with Crippen molar-refractivity contribution in [3.63, 3.8) is 0 Å². The zero-order valence-corrected chi connectivity index (χ0v) is 9.78. The van der Waals surface area contributed by atoms with E-state index in [-0.39, 0.29) is 6.54 Å². The molecule has 0 aliphatic rings. The van der Waals surface area contributed by atoms with E-state index in [0.717, 1.165) is 0 Å². The Morgan fingerprint density at radius 1 is 0.947 bits per heavy atom. The summed E-state index contributed by atoms with van der Waals surface area (Å²) >= 11 is 0. The van der Waals surface area contributed by atoms with Gasteiger partial charge in [-0.15, -0.1) is 0 Å². The average Bonchev–Trinajstić information content (AvgIpc) is 2.80. The van der Waals surface area contributed by atoms with E-state index < -0.39 is 34.8 Å². The van der Waals surface area contributed by atoms with Crippen LogP contribution in [0.2, 0.25) is 0 Å². The highest BCUT2D eigenvalue weighted by atomic mass is 19.2. The Morgan fingerprint density at radius 2 is 1.47 bits per heavy atom. The fraction of sp³-hybridized carbons (Fsp3) is 0.167. The molecule has 0 amide bonds. The molecule has 0 saturated carbocycles. The number of aromatic nitrogens is 1. The van der Waals surface area contributed by atoms with Crippen molar-refractivity contribution in [2.45, 2.75) is 6.54 Å². The molecule has 2 rings (SSSR count). The van der Waals surface area contributed by atoms with Crippen LogP contribution < -0.4 is 5.32 Å². The van der Waals surface area contributed by atoms with Crippen molar-refractivity contribution in [1.29, 1.82) is 0 Å². The summed E-state index contributed by atoms with van der Waals surface area (Å²) < 4.78 is 67.0. The predicted octanol–water partition coefficient (Wildman–Crippen LogP) is 3.33. The monoisotopic (exact) mass is 276 g/mol. The van der Waals surface area contributed by atoms with E-state index in [2.05, 4.69) is 5.32 Å². The molecule has 0 radical (unpaired) electrons. The standard InChI is InChI=1S/C12H9F5N2/c1-19-3-2-6(5-19)4-18-12-10(16)8(14)7(13)9(15)11(12)17/h2-3,5,18H,4H2,1H3. The van der Waals surface area contributed by atoms with Gasteiger partial charge in [0.2, 0.25) is 5.82 Å². The van der Waals surface area contributed by atoms with E-state index >= 15 is 0 Å². The maximum absolute atomic E-state index is 13.3. The van der Waals surface area contributed by atoms with Gasteiger partial charge in [0.25, 0.3) is 0 Å². The Morgan fingerprint density at radius 3 is 1.95 bits per heavy atom. The van der Waals surface area contributed by atoms with Crippen molar-refractivity contribution in [2.24, 2.45) is 7.05 Å². The van der Waals surface area contributed by atoms with Gasteiger partial charge in [-0.1, -0.05) is 0 Å². The van der Waals surface area contributed by atoms with Crippen LogP contribution in [-0.2, 0) is 13.6 Å². The first-order chi connectivity index (χ1) is 8.91. The number of nitrogens with zero attached hydrogens (tertiary/aromatic N) is 1. The summed E-state index contributed by atoms with van der Waals surface area (Å²) in [5.41, 5.74) is -0.383. The molecule has 2 aromatic rings. The molecule has 0 fully saturated rings. The Kier molecular flexibility index (Phi) is 3.46. The third-order valence-corrected chi connectivity index (χ3v) is 2.57. The summed E-state index contributed by atoms with van der Waals surface area (Å²) in [6, 6.07) is 1.65. The zero-order chi connectivity index (χ0) is 14.2. The van der Waals surface area contributed by atoms with Crippen molar-refractivity contribution in [3.8, 4) is 0 Å². The lowest BCUT2D eigenvalue weighted by Gasteiger charge is -2.10. The summed E-state index contributed by atoms with van der Waals surface area (Å²) in [6.45, 7) is -0.0564. The van der Waals surface area contributed by atoms with Crippen LogP contribution in [0.1, 0.15) is 5.56 Å². The second kappa shape index (κ2) is 4.91. The van der Waals surface area contributed by atoms with Gasteiger partial charge in [-0.25, -0.2) is 22.0 Å². The highest BCUT2D eigenvalue weighted by molar-refractivity contribution is 5.48. The van der Waals surface area contributed by atoms with Crippen molar-refractivity contribution in [2.75, 3.05) is 5.32 Å². The number of anilines is 1. The molecule has 1 aromatic carbocycles. The molecule has 1 heterocycles. The van der Waals surface area contributed by atoms with E-state index in [0.29, 0.717) is 5.56 Å². The SMILES string of the molecule is Cn1ccc(CNc2c(F)c(F)c(F)c(F)c2F)c1. The van der Waals surface area contributed by atoms with Crippen LogP contribution in [0.15, 0.2) is 18.5 Å². The molecule has 0 saturated heterocycles. The predicted molar refractivity (Wildman–Crippen MR) is 59.0 cm³/mol. The van der Waals surface area contributed by atoms with Crippen LogP contribution in [0.25, 0.3) is 0 Å². The molecule has 0 aliphatic carbocycles. The molecule has 0 atom stereocenters. The van der Waals surface area contributed by atoms with Crippen LogP contribution in [0.3, 0.4) is 0 Å². The summed E-state index contributed by atoms with van der Waals surface area (Å²) in [4.78, 5) is 0. The Labute approximate surface area is 105 Å². The highest BCUT2D eigenvalue weighted by Gasteiger charge is 2.25. The van der Waals surface area contributed by atoms with Crippen LogP contribution in [-0.4, -0.2) is 4.57 Å². The van der Waals surface area contributed by atoms with E-state index in [1.807, 2.05) is 0 Å². The van der Waals surface area contributed by atoms with Crippen molar-refractivity contribution in [1.82, 2.24) is 4.57 Å². The van der Waals surface area contributed by atoms with Gasteiger partial charge in [0.15, 0.2) is 23.3 Å². The fourth-order valence-electron chi connectivity index (χ4n) is 1.62. The van der Waals surface area contributed by atoms with Gasteiger partial charge >= 0.3 is 0 Å². The Bertz CT molecular complexity index is 592. The number of rotatable bonds is 3. The first-order valence-corrected chi connectivity index (χ1v) is 5.28. The summed E-state index contributed by atoms with van der Waals surface area (Å²) in [7, 11) is 1.74. The minimum Gasteiger partial charge on any atom is -0.376 e. The van der Waals surface area contributed by atoms with Crippen LogP contribution in [0.4, 0.5) is 27.6 Å². The number of benzene rings is 1. The Balaban J connectivity index is 2.30. The molecule has 1 aromatic heterocycles. The number of aryl methyl sites for hydroxylation is 1. The molecular formula is C12H9F5N2. The zero-order valence-electron chi connectivity index (χ0n) is 9.78. The minimum atomic E-state index is -2.17. The van der Waals surface area contributed by atoms with Gasteiger partial charge in [-0.2, -0.15) is 0 Å². The molecule has 7 heteroatoms. The van der Waals surface area contributed by atoms with Crippen LogP contribution in [0.5, 0.6) is 0 Å².